The Kier molecular flexibility index (Phi) is 20.5. The summed E-state index contributed by atoms with van der Waals surface area (Å²) < 4.78 is 121. The van der Waals surface area contributed by atoms with Crippen molar-refractivity contribution in [3.8, 4) is 46.5 Å². The van der Waals surface area contributed by atoms with Crippen molar-refractivity contribution in [2.45, 2.75) is 113 Å². The number of aromatic hydroxyl groups is 1. The summed E-state index contributed by atoms with van der Waals surface area (Å²) in [5, 5.41) is 23.9. The number of nitrogens with zero attached hydrogens (tertiary/aromatic N) is 14. The lowest BCUT2D eigenvalue weighted by atomic mass is 10.0. The van der Waals surface area contributed by atoms with Gasteiger partial charge in [-0.1, -0.05) is 60.7 Å². The van der Waals surface area contributed by atoms with Gasteiger partial charge in [0.25, 0.3) is 0 Å². The maximum Gasteiger partial charge on any atom is 0.324 e. The molecule has 14 rings (SSSR count). The van der Waals surface area contributed by atoms with Crippen LogP contribution in [-0.2, 0) is 71.1 Å². The molecule has 30 nitrogen and oxygen atoms in total. The molecular weight excluding hydrogens is 1350 g/mol. The van der Waals surface area contributed by atoms with Crippen molar-refractivity contribution < 1.29 is 68.3 Å². The van der Waals surface area contributed by atoms with Crippen LogP contribution in [0.15, 0.2) is 97.8 Å². The zero-order valence-electron chi connectivity index (χ0n) is 56.1. The third-order valence-electron chi connectivity index (χ3n) is 17.8. The number of aromatic amines is 1. The lowest BCUT2D eigenvalue weighted by Crippen LogP contribution is -2.56. The van der Waals surface area contributed by atoms with Gasteiger partial charge in [-0.2, -0.15) is 40.2 Å². The Labute approximate surface area is 573 Å². The van der Waals surface area contributed by atoms with Gasteiger partial charge in [0, 0.05) is 25.3 Å². The Hall–Kier alpha value is -8.47. The summed E-state index contributed by atoms with van der Waals surface area (Å²) in [6.45, 7) is 20.0. The molecule has 526 valence electrons. The number of fused-ring (bicyclic) bond motifs is 9. The van der Waals surface area contributed by atoms with E-state index in [1.54, 1.807) is 75.7 Å². The number of ether oxygens (including phenoxy) is 8. The number of hydrogen-bond acceptors (Lipinski definition) is 27. The Morgan fingerprint density at radius 1 is 0.541 bits per heavy atom. The number of sulfone groups is 3. The van der Waals surface area contributed by atoms with Crippen molar-refractivity contribution in [1.29, 1.82) is 0 Å². The van der Waals surface area contributed by atoms with Crippen molar-refractivity contribution in [3.05, 3.63) is 131 Å². The molecule has 0 amide bonds. The molecule has 98 heavy (non-hydrogen) atoms. The van der Waals surface area contributed by atoms with Crippen molar-refractivity contribution >= 4 is 58.6 Å². The number of anilines is 3. The molecule has 0 bridgehead atoms. The van der Waals surface area contributed by atoms with Gasteiger partial charge < -0.3 is 57.7 Å². The summed E-state index contributed by atoms with van der Waals surface area (Å²) in [5.74, 6) is 3.81. The van der Waals surface area contributed by atoms with Gasteiger partial charge in [0.15, 0.2) is 81.5 Å². The fourth-order valence-electron chi connectivity index (χ4n) is 11.4. The second-order valence-electron chi connectivity index (χ2n) is 26.0. The van der Waals surface area contributed by atoms with Crippen LogP contribution < -0.4 is 38.4 Å². The summed E-state index contributed by atoms with van der Waals surface area (Å²) in [4.78, 5) is 32.9. The average Bonchev–Trinajstić information content (AvgIpc) is 0.996. The second kappa shape index (κ2) is 28.4. The molecule has 8 aromatic rings. The van der Waals surface area contributed by atoms with E-state index in [1.807, 2.05) is 74.5 Å². The third-order valence-corrected chi connectivity index (χ3v) is 24.1. The lowest BCUT2D eigenvalue weighted by Gasteiger charge is -2.45. The Balaban J connectivity index is 0.000000139. The van der Waals surface area contributed by atoms with Gasteiger partial charge in [-0.25, -0.2) is 30.2 Å². The Bertz CT molecular complexity index is 4480. The van der Waals surface area contributed by atoms with Crippen molar-refractivity contribution in [2.24, 2.45) is 0 Å². The smallest absolute Gasteiger partial charge is 0.324 e. The van der Waals surface area contributed by atoms with Crippen molar-refractivity contribution in [1.82, 2.24) is 59.7 Å². The van der Waals surface area contributed by atoms with Crippen LogP contribution in [0, 0.1) is 0 Å². The maximum atomic E-state index is 12.7. The van der Waals surface area contributed by atoms with E-state index in [4.69, 9.17) is 54.6 Å². The molecule has 3 saturated heterocycles. The predicted octanol–water partition coefficient (Wildman–Crippen LogP) is 6.68. The molecule has 6 aliphatic rings. The molecule has 0 aliphatic carbocycles. The van der Waals surface area contributed by atoms with Crippen LogP contribution in [0.5, 0.6) is 46.5 Å². The SMILES string of the molecule is CC(C)(c1nc(Cl)nc2c1OC[C@@H]1COCCN21)S(C)(=O)=O.C[C@@H]1COC[C@H]2COc3c(nc(Oc4cn[nH]c4)nc3C(C)(C)S(C)(=O)=O)N21.C[C@@H]1COC[C@H]2COc3c(nc(Oc4cnn(Cc5ccccc5)c4)nc3C(C)(C)S(C)(=O)=O)N21.Oc1cnn(Cc2ccccc2)c1. The number of rotatable bonds is 14. The number of aromatic nitrogens is 12. The zero-order chi connectivity index (χ0) is 70.1. The first-order valence-electron chi connectivity index (χ1n) is 31.5. The number of H-pyrrole nitrogens is 1. The Morgan fingerprint density at radius 2 is 0.990 bits per heavy atom. The molecule has 0 saturated carbocycles. The molecule has 0 spiro atoms. The molecule has 2 aromatic carbocycles. The second-order valence-corrected chi connectivity index (χ2v) is 34.0. The highest BCUT2D eigenvalue weighted by molar-refractivity contribution is 7.92. The molecule has 0 radical (unpaired) electrons. The third kappa shape index (κ3) is 15.2. The van der Waals surface area contributed by atoms with E-state index in [0.717, 1.165) is 5.56 Å². The van der Waals surface area contributed by atoms with Crippen LogP contribution in [0.25, 0.3) is 0 Å². The number of morpholine rings is 3. The quantitative estimate of drug-likeness (QED) is 0.107. The predicted molar refractivity (Wildman–Crippen MR) is 362 cm³/mol. The maximum absolute atomic E-state index is 12.7. The van der Waals surface area contributed by atoms with Crippen LogP contribution in [0.4, 0.5) is 17.5 Å². The van der Waals surface area contributed by atoms with Gasteiger partial charge in [0.1, 0.15) is 51.1 Å². The van der Waals surface area contributed by atoms with E-state index in [9.17, 15) is 25.3 Å². The summed E-state index contributed by atoms with van der Waals surface area (Å²) in [7, 11) is -10.4. The van der Waals surface area contributed by atoms with Gasteiger partial charge in [-0.05, 0) is 78.1 Å². The summed E-state index contributed by atoms with van der Waals surface area (Å²) in [5.41, 5.74) is 3.12. The average molecular weight is 1430 g/mol. The van der Waals surface area contributed by atoms with E-state index >= 15 is 0 Å². The van der Waals surface area contributed by atoms with Gasteiger partial charge in [0.05, 0.1) is 120 Å². The molecule has 0 unspecified atom stereocenters. The first-order chi connectivity index (χ1) is 46.4. The van der Waals surface area contributed by atoms with Crippen LogP contribution in [0.3, 0.4) is 0 Å². The van der Waals surface area contributed by atoms with Crippen LogP contribution in [0.1, 0.15) is 83.6 Å². The van der Waals surface area contributed by atoms with E-state index < -0.39 is 43.8 Å². The topological polar surface area (TPSA) is 348 Å². The van der Waals surface area contributed by atoms with Gasteiger partial charge in [-0.15, -0.1) is 0 Å². The molecule has 34 heteroatoms. The lowest BCUT2D eigenvalue weighted by molar-refractivity contribution is 0.0480. The fraction of sp³-hybridized carbons (Fsp3) is 0.484. The van der Waals surface area contributed by atoms with Crippen LogP contribution in [0.2, 0.25) is 5.28 Å². The number of nitrogens with one attached hydrogen (secondary N) is 1. The first kappa shape index (κ1) is 70.8. The van der Waals surface area contributed by atoms with Gasteiger partial charge in [-0.3, -0.25) is 14.5 Å². The molecule has 12 heterocycles. The highest BCUT2D eigenvalue weighted by atomic mass is 35.5. The normalized spacial score (nSPS) is 19.8. The van der Waals surface area contributed by atoms with Crippen molar-refractivity contribution in [2.75, 3.05) is 99.5 Å². The standard InChI is InChI=1S/C24H29N5O5S.C17H23N5O5S.C13H18ClN3O4S.C10H10N2O/c1-16-13-32-14-18-15-33-20-21(24(2,3)35(4,30)31)26-23(27-22(20)29(16)18)34-19-10-25-28(12-19)11-17-8-6-5-7-9-17;1-10-7-25-8-11-9-26-13-14(17(2,3)28(4,23)24)20-16(21-15(13)22(10)11)27-12-5-18-19-6-12;1-13(2,22(3,18)19)10-9-11(16-12(14)15-10)17-4-5-20-6-8(17)7-21-9;13-10-6-11-12(8-10)7-9-4-2-1-3-5-9/h5-10,12,16,18H,11,13-15H2,1-4H3;5-6,10-11H,7-9H2,1-4H3,(H,18,19);8H,4-7H2,1-3H3;1-6,8,13H,7H2/t16-,18+;10-,11+;8-;/m110./s1. The van der Waals surface area contributed by atoms with Gasteiger partial charge >= 0.3 is 12.0 Å². The minimum Gasteiger partial charge on any atom is -0.505 e. The summed E-state index contributed by atoms with van der Waals surface area (Å²) >= 11 is 6.04. The van der Waals surface area contributed by atoms with E-state index in [-0.39, 0.29) is 64.7 Å². The van der Waals surface area contributed by atoms with Crippen LogP contribution in [-0.4, -0.2) is 205 Å². The molecular formula is C64H80ClN15O15S3. The summed E-state index contributed by atoms with van der Waals surface area (Å²) in [6.07, 6.45) is 13.0. The fourth-order valence-corrected chi connectivity index (χ4v) is 13.1. The zero-order valence-corrected chi connectivity index (χ0v) is 59.3. The minimum atomic E-state index is -3.54. The monoisotopic (exact) mass is 1430 g/mol. The highest BCUT2D eigenvalue weighted by Gasteiger charge is 2.47. The van der Waals surface area contributed by atoms with E-state index in [0.29, 0.717) is 131 Å². The van der Waals surface area contributed by atoms with Crippen LogP contribution >= 0.6 is 11.6 Å². The highest BCUT2D eigenvalue weighted by Crippen LogP contribution is 2.48. The molecule has 6 aliphatic heterocycles. The van der Waals surface area contributed by atoms with Gasteiger partial charge in [0.2, 0.25) is 5.28 Å². The first-order valence-corrected chi connectivity index (χ1v) is 37.6. The summed E-state index contributed by atoms with van der Waals surface area (Å²) in [6, 6.07) is 20.1. The molecule has 5 atom stereocenters. The Morgan fingerprint density at radius 3 is 1.46 bits per heavy atom. The number of hydrogen-bond donors (Lipinski definition) is 2. The molecule has 6 aromatic heterocycles. The van der Waals surface area contributed by atoms with Crippen molar-refractivity contribution in [3.63, 3.8) is 0 Å². The number of benzene rings is 2. The largest absolute Gasteiger partial charge is 0.505 e. The molecule has 2 N–H and O–H groups in total. The van der Waals surface area contributed by atoms with E-state index in [2.05, 4.69) is 65.0 Å². The van der Waals surface area contributed by atoms with E-state index in [1.165, 1.54) is 36.7 Å². The minimum absolute atomic E-state index is 0.0119. The molecule has 3 fully saturated rings. The number of halogens is 1.